The SMILES string of the molecule is COc1ccc(CC2=NC3CCC(N)CC3N2)cc1. The van der Waals surface area contributed by atoms with Crippen LogP contribution < -0.4 is 15.8 Å². The summed E-state index contributed by atoms with van der Waals surface area (Å²) in [6.07, 6.45) is 4.12. The number of aliphatic imine (C=N–C) groups is 1. The van der Waals surface area contributed by atoms with Crippen LogP contribution in [0, 0.1) is 0 Å². The number of hydrogen-bond donors (Lipinski definition) is 2. The highest BCUT2D eigenvalue weighted by Crippen LogP contribution is 2.25. The molecule has 1 fully saturated rings. The van der Waals surface area contributed by atoms with Crippen LogP contribution in [0.25, 0.3) is 0 Å². The lowest BCUT2D eigenvalue weighted by Gasteiger charge is -2.28. The van der Waals surface area contributed by atoms with E-state index in [-0.39, 0.29) is 0 Å². The van der Waals surface area contributed by atoms with Crippen LogP contribution >= 0.6 is 0 Å². The van der Waals surface area contributed by atoms with Crippen LogP contribution in [-0.4, -0.2) is 31.1 Å². The first-order chi connectivity index (χ1) is 9.24. The Labute approximate surface area is 114 Å². The van der Waals surface area contributed by atoms with Gasteiger partial charge in [-0.25, -0.2) is 0 Å². The number of hydrogen-bond acceptors (Lipinski definition) is 4. The van der Waals surface area contributed by atoms with Crippen molar-refractivity contribution in [3.05, 3.63) is 29.8 Å². The molecule has 102 valence electrons. The Morgan fingerprint density at radius 3 is 2.84 bits per heavy atom. The molecule has 0 saturated heterocycles. The predicted molar refractivity (Wildman–Crippen MR) is 76.7 cm³/mol. The zero-order valence-corrected chi connectivity index (χ0v) is 11.3. The van der Waals surface area contributed by atoms with Gasteiger partial charge in [0, 0.05) is 12.5 Å². The third kappa shape index (κ3) is 2.73. The molecule has 1 saturated carbocycles. The van der Waals surface area contributed by atoms with Gasteiger partial charge in [0.1, 0.15) is 11.6 Å². The fourth-order valence-corrected chi connectivity index (χ4v) is 2.98. The number of nitrogens with two attached hydrogens (primary N) is 1. The molecule has 1 heterocycles. The van der Waals surface area contributed by atoms with Crippen molar-refractivity contribution in [3.63, 3.8) is 0 Å². The minimum Gasteiger partial charge on any atom is -0.497 e. The number of nitrogens with one attached hydrogen (secondary N) is 1. The van der Waals surface area contributed by atoms with Crippen molar-refractivity contribution in [2.24, 2.45) is 10.7 Å². The van der Waals surface area contributed by atoms with Gasteiger partial charge in [-0.2, -0.15) is 0 Å². The third-order valence-electron chi connectivity index (χ3n) is 4.06. The maximum Gasteiger partial charge on any atom is 0.118 e. The maximum atomic E-state index is 6.02. The quantitative estimate of drug-likeness (QED) is 0.864. The highest BCUT2D eigenvalue weighted by Gasteiger charge is 2.33. The fraction of sp³-hybridized carbons (Fsp3) is 0.533. The lowest BCUT2D eigenvalue weighted by Crippen LogP contribution is -2.44. The van der Waals surface area contributed by atoms with E-state index in [1.54, 1.807) is 7.11 Å². The smallest absolute Gasteiger partial charge is 0.118 e. The lowest BCUT2D eigenvalue weighted by atomic mass is 9.88. The van der Waals surface area contributed by atoms with Crippen molar-refractivity contribution in [2.45, 2.75) is 43.8 Å². The average molecular weight is 259 g/mol. The van der Waals surface area contributed by atoms with Crippen molar-refractivity contribution in [3.8, 4) is 5.75 Å². The van der Waals surface area contributed by atoms with Gasteiger partial charge in [0.25, 0.3) is 0 Å². The predicted octanol–water partition coefficient (Wildman–Crippen LogP) is 1.49. The zero-order valence-electron chi connectivity index (χ0n) is 11.3. The summed E-state index contributed by atoms with van der Waals surface area (Å²) in [6.45, 7) is 0. The number of fused-ring (bicyclic) bond motifs is 1. The molecule has 1 aromatic rings. The van der Waals surface area contributed by atoms with Crippen molar-refractivity contribution in [2.75, 3.05) is 7.11 Å². The average Bonchev–Trinajstić information content (AvgIpc) is 2.81. The normalized spacial score (nSPS) is 29.4. The van der Waals surface area contributed by atoms with Crippen molar-refractivity contribution in [1.29, 1.82) is 0 Å². The summed E-state index contributed by atoms with van der Waals surface area (Å²) in [4.78, 5) is 4.80. The molecule has 19 heavy (non-hydrogen) atoms. The third-order valence-corrected chi connectivity index (χ3v) is 4.06. The summed E-state index contributed by atoms with van der Waals surface area (Å²) in [5.74, 6) is 2.00. The molecular formula is C15H21N3O. The van der Waals surface area contributed by atoms with Gasteiger partial charge < -0.3 is 15.8 Å². The van der Waals surface area contributed by atoms with Crippen LogP contribution in [-0.2, 0) is 6.42 Å². The Bertz CT molecular complexity index is 469. The maximum absolute atomic E-state index is 6.02. The Hall–Kier alpha value is -1.55. The van der Waals surface area contributed by atoms with E-state index < -0.39 is 0 Å². The number of benzene rings is 1. The van der Waals surface area contributed by atoms with E-state index in [2.05, 4.69) is 17.4 Å². The molecule has 4 heteroatoms. The second-order valence-corrected chi connectivity index (χ2v) is 5.49. The van der Waals surface area contributed by atoms with E-state index in [0.29, 0.717) is 18.1 Å². The van der Waals surface area contributed by atoms with Gasteiger partial charge in [0.05, 0.1) is 19.2 Å². The Morgan fingerprint density at radius 1 is 1.32 bits per heavy atom. The van der Waals surface area contributed by atoms with Crippen LogP contribution in [0.4, 0.5) is 0 Å². The van der Waals surface area contributed by atoms with Crippen LogP contribution in [0.3, 0.4) is 0 Å². The van der Waals surface area contributed by atoms with Crippen LogP contribution in [0.5, 0.6) is 5.75 Å². The molecule has 0 radical (unpaired) electrons. The Morgan fingerprint density at radius 2 is 2.11 bits per heavy atom. The first-order valence-corrected chi connectivity index (χ1v) is 6.96. The minimum atomic E-state index is 0.337. The van der Waals surface area contributed by atoms with Crippen LogP contribution in [0.2, 0.25) is 0 Å². The van der Waals surface area contributed by atoms with Crippen molar-refractivity contribution in [1.82, 2.24) is 5.32 Å². The van der Waals surface area contributed by atoms with Gasteiger partial charge in [-0.15, -0.1) is 0 Å². The molecule has 1 aromatic carbocycles. The topological polar surface area (TPSA) is 59.6 Å². The number of methoxy groups -OCH3 is 1. The van der Waals surface area contributed by atoms with E-state index in [1.165, 1.54) is 5.56 Å². The van der Waals surface area contributed by atoms with Gasteiger partial charge in [0.15, 0.2) is 0 Å². The molecule has 0 aromatic heterocycles. The molecule has 3 rings (SSSR count). The fourth-order valence-electron chi connectivity index (χ4n) is 2.98. The molecule has 3 atom stereocenters. The van der Waals surface area contributed by atoms with Gasteiger partial charge in [-0.1, -0.05) is 12.1 Å². The van der Waals surface area contributed by atoms with E-state index in [4.69, 9.17) is 15.5 Å². The first-order valence-electron chi connectivity index (χ1n) is 6.96. The van der Waals surface area contributed by atoms with Gasteiger partial charge in [-0.3, -0.25) is 4.99 Å². The number of amidine groups is 1. The van der Waals surface area contributed by atoms with E-state index in [1.807, 2.05) is 12.1 Å². The summed E-state index contributed by atoms with van der Waals surface area (Å²) in [5.41, 5.74) is 7.28. The standard InChI is InChI=1S/C15H21N3O/c1-19-12-5-2-10(3-6-12)8-15-17-13-7-4-11(16)9-14(13)18-15/h2-3,5-6,11,13-14H,4,7-9,16H2,1H3,(H,17,18). The summed E-state index contributed by atoms with van der Waals surface area (Å²) < 4.78 is 5.17. The van der Waals surface area contributed by atoms with Crippen LogP contribution in [0.15, 0.2) is 29.3 Å². The summed E-state index contributed by atoms with van der Waals surface area (Å²) >= 11 is 0. The number of nitrogens with zero attached hydrogens (tertiary/aromatic N) is 1. The Balaban J connectivity index is 1.64. The molecule has 0 amide bonds. The lowest BCUT2D eigenvalue weighted by molar-refractivity contribution is 0.347. The van der Waals surface area contributed by atoms with Gasteiger partial charge in [0.2, 0.25) is 0 Å². The monoisotopic (exact) mass is 259 g/mol. The molecule has 1 aliphatic carbocycles. The van der Waals surface area contributed by atoms with Gasteiger partial charge in [-0.05, 0) is 37.0 Å². The molecule has 0 spiro atoms. The van der Waals surface area contributed by atoms with Crippen molar-refractivity contribution >= 4 is 5.84 Å². The molecule has 2 aliphatic rings. The second kappa shape index (κ2) is 5.21. The summed E-state index contributed by atoms with van der Waals surface area (Å²) in [7, 11) is 1.69. The highest BCUT2D eigenvalue weighted by atomic mass is 16.5. The minimum absolute atomic E-state index is 0.337. The molecular weight excluding hydrogens is 238 g/mol. The Kier molecular flexibility index (Phi) is 3.42. The number of rotatable bonds is 3. The first kappa shape index (κ1) is 12.5. The molecule has 1 aliphatic heterocycles. The number of ether oxygens (including phenoxy) is 1. The highest BCUT2D eigenvalue weighted by molar-refractivity contribution is 5.86. The molecule has 3 N–H and O–H groups in total. The van der Waals surface area contributed by atoms with Gasteiger partial charge >= 0.3 is 0 Å². The van der Waals surface area contributed by atoms with E-state index in [9.17, 15) is 0 Å². The molecule has 0 bridgehead atoms. The van der Waals surface area contributed by atoms with E-state index >= 15 is 0 Å². The molecule has 3 unspecified atom stereocenters. The van der Waals surface area contributed by atoms with E-state index in [0.717, 1.165) is 37.3 Å². The molecule has 4 nitrogen and oxygen atoms in total. The van der Waals surface area contributed by atoms with Crippen molar-refractivity contribution < 1.29 is 4.74 Å². The largest absolute Gasteiger partial charge is 0.497 e. The van der Waals surface area contributed by atoms with Crippen LogP contribution in [0.1, 0.15) is 24.8 Å². The zero-order chi connectivity index (χ0) is 13.2. The second-order valence-electron chi connectivity index (χ2n) is 5.49. The summed E-state index contributed by atoms with van der Waals surface area (Å²) in [5, 5.41) is 3.54. The summed E-state index contributed by atoms with van der Waals surface area (Å²) in [6, 6.07) is 9.41.